The molecule has 7 heteroatoms. The first-order valence-electron chi connectivity index (χ1n) is 5.00. The van der Waals surface area contributed by atoms with Crippen LogP contribution in [0.1, 0.15) is 6.92 Å². The van der Waals surface area contributed by atoms with Gasteiger partial charge in [-0.1, -0.05) is 27.5 Å². The second kappa shape index (κ2) is 6.70. The molecule has 0 atom stereocenters. The van der Waals surface area contributed by atoms with Gasteiger partial charge in [-0.15, -0.1) is 0 Å². The number of benzene rings is 1. The van der Waals surface area contributed by atoms with E-state index in [-0.39, 0.29) is 16.5 Å². The topological polar surface area (TPSA) is 55.4 Å². The molecular weight excluding hydrogens is 330 g/mol. The summed E-state index contributed by atoms with van der Waals surface area (Å²) in [5, 5.41) is 0.184. The normalized spacial score (nSPS) is 11.7. The third kappa shape index (κ3) is 4.56. The van der Waals surface area contributed by atoms with Crippen LogP contribution in [0, 0.1) is 0 Å². The van der Waals surface area contributed by atoms with Crippen molar-refractivity contribution in [1.82, 2.24) is 4.72 Å². The van der Waals surface area contributed by atoms with E-state index in [0.717, 1.165) is 4.47 Å². The van der Waals surface area contributed by atoms with Crippen molar-refractivity contribution in [2.24, 2.45) is 0 Å². The molecule has 0 radical (unpaired) electrons. The number of rotatable bonds is 6. The van der Waals surface area contributed by atoms with Gasteiger partial charge in [0.15, 0.2) is 0 Å². The second-order valence-electron chi connectivity index (χ2n) is 3.17. The molecule has 0 bridgehead atoms. The Balaban J connectivity index is 2.76. The summed E-state index contributed by atoms with van der Waals surface area (Å²) < 4.78 is 31.9. The van der Waals surface area contributed by atoms with Crippen molar-refractivity contribution in [2.45, 2.75) is 11.8 Å². The zero-order valence-electron chi connectivity index (χ0n) is 9.24. The lowest BCUT2D eigenvalue weighted by atomic mass is 10.4. The van der Waals surface area contributed by atoms with Crippen molar-refractivity contribution >= 4 is 37.6 Å². The van der Waals surface area contributed by atoms with Crippen LogP contribution in [0.25, 0.3) is 0 Å². The van der Waals surface area contributed by atoms with E-state index < -0.39 is 10.0 Å². The summed E-state index contributed by atoms with van der Waals surface area (Å²) in [6.07, 6.45) is 0. The Kier molecular flexibility index (Phi) is 5.88. The monoisotopic (exact) mass is 341 g/mol. The van der Waals surface area contributed by atoms with Crippen molar-refractivity contribution in [1.29, 1.82) is 0 Å². The number of sulfonamides is 1. The van der Waals surface area contributed by atoms with E-state index in [1.54, 1.807) is 12.1 Å². The van der Waals surface area contributed by atoms with Crippen LogP contribution < -0.4 is 4.72 Å². The van der Waals surface area contributed by atoms with Crippen LogP contribution in [0.3, 0.4) is 0 Å². The molecule has 96 valence electrons. The molecule has 1 aromatic carbocycles. The maximum absolute atomic E-state index is 11.9. The molecule has 0 saturated heterocycles. The van der Waals surface area contributed by atoms with E-state index in [2.05, 4.69) is 20.7 Å². The van der Waals surface area contributed by atoms with E-state index in [1.165, 1.54) is 6.07 Å². The summed E-state index contributed by atoms with van der Waals surface area (Å²) in [6, 6.07) is 4.62. The second-order valence-corrected chi connectivity index (χ2v) is 6.23. The van der Waals surface area contributed by atoms with Crippen LogP contribution in [-0.2, 0) is 14.8 Å². The number of halogens is 2. The maximum Gasteiger partial charge on any atom is 0.242 e. The van der Waals surface area contributed by atoms with E-state index >= 15 is 0 Å². The van der Waals surface area contributed by atoms with Crippen LogP contribution in [0.4, 0.5) is 0 Å². The van der Waals surface area contributed by atoms with Crippen LogP contribution in [0.5, 0.6) is 0 Å². The third-order valence-corrected chi connectivity index (χ3v) is 4.36. The average molecular weight is 343 g/mol. The fraction of sp³-hybridized carbons (Fsp3) is 0.400. The Morgan fingerprint density at radius 3 is 2.76 bits per heavy atom. The van der Waals surface area contributed by atoms with Crippen LogP contribution in [0.15, 0.2) is 27.6 Å². The fourth-order valence-corrected chi connectivity index (χ4v) is 3.21. The third-order valence-electron chi connectivity index (χ3n) is 1.93. The Morgan fingerprint density at radius 1 is 1.47 bits per heavy atom. The van der Waals surface area contributed by atoms with Crippen molar-refractivity contribution in [3.63, 3.8) is 0 Å². The van der Waals surface area contributed by atoms with Crippen molar-refractivity contribution in [3.05, 3.63) is 27.7 Å². The highest BCUT2D eigenvalue weighted by molar-refractivity contribution is 9.10. The SMILES string of the molecule is CCOCCNS(=O)(=O)c1ccc(Br)cc1Cl. The maximum atomic E-state index is 11.9. The zero-order valence-corrected chi connectivity index (χ0v) is 12.4. The Labute approximate surface area is 114 Å². The Hall–Kier alpha value is -0.140. The highest BCUT2D eigenvalue weighted by atomic mass is 79.9. The summed E-state index contributed by atoms with van der Waals surface area (Å²) in [4.78, 5) is 0.0684. The zero-order chi connectivity index (χ0) is 12.9. The molecule has 1 rings (SSSR count). The minimum atomic E-state index is -3.57. The molecule has 17 heavy (non-hydrogen) atoms. The number of hydrogen-bond acceptors (Lipinski definition) is 3. The first kappa shape index (κ1) is 14.9. The number of ether oxygens (including phenoxy) is 1. The molecule has 0 saturated carbocycles. The van der Waals surface area contributed by atoms with Crippen LogP contribution in [-0.4, -0.2) is 28.2 Å². The van der Waals surface area contributed by atoms with Crippen molar-refractivity contribution in [2.75, 3.05) is 19.8 Å². The molecular formula is C10H13BrClNO3S. The lowest BCUT2D eigenvalue weighted by molar-refractivity contribution is 0.153. The average Bonchev–Trinajstić information content (AvgIpc) is 2.24. The summed E-state index contributed by atoms with van der Waals surface area (Å²) >= 11 is 9.09. The summed E-state index contributed by atoms with van der Waals surface area (Å²) in [5.41, 5.74) is 0. The lowest BCUT2D eigenvalue weighted by Crippen LogP contribution is -2.27. The molecule has 0 fully saturated rings. The number of hydrogen-bond donors (Lipinski definition) is 1. The summed E-state index contributed by atoms with van der Waals surface area (Å²) in [6.45, 7) is 2.97. The van der Waals surface area contributed by atoms with Gasteiger partial charge in [0.1, 0.15) is 4.90 Å². The van der Waals surface area contributed by atoms with E-state index in [1.807, 2.05) is 6.92 Å². The van der Waals surface area contributed by atoms with Gasteiger partial charge in [0.25, 0.3) is 0 Å². The Bertz CT molecular complexity index is 478. The molecule has 1 aromatic rings. The summed E-state index contributed by atoms with van der Waals surface area (Å²) in [7, 11) is -3.57. The predicted molar refractivity (Wildman–Crippen MR) is 70.8 cm³/mol. The van der Waals surface area contributed by atoms with Gasteiger partial charge in [-0.05, 0) is 25.1 Å². The first-order chi connectivity index (χ1) is 7.97. The lowest BCUT2D eigenvalue weighted by Gasteiger charge is -2.08. The molecule has 0 aromatic heterocycles. The van der Waals surface area contributed by atoms with E-state index in [4.69, 9.17) is 16.3 Å². The van der Waals surface area contributed by atoms with Crippen LogP contribution in [0.2, 0.25) is 5.02 Å². The van der Waals surface area contributed by atoms with Gasteiger partial charge in [-0.3, -0.25) is 0 Å². The predicted octanol–water partition coefficient (Wildman–Crippen LogP) is 2.42. The summed E-state index contributed by atoms with van der Waals surface area (Å²) in [5.74, 6) is 0. The quantitative estimate of drug-likeness (QED) is 0.808. The van der Waals surface area contributed by atoms with Gasteiger partial charge in [-0.2, -0.15) is 0 Å². The minimum Gasteiger partial charge on any atom is -0.380 e. The number of nitrogens with one attached hydrogen (secondary N) is 1. The largest absolute Gasteiger partial charge is 0.380 e. The highest BCUT2D eigenvalue weighted by Crippen LogP contribution is 2.24. The van der Waals surface area contributed by atoms with Gasteiger partial charge in [0, 0.05) is 17.6 Å². The molecule has 0 unspecified atom stereocenters. The molecule has 1 N–H and O–H groups in total. The van der Waals surface area contributed by atoms with E-state index in [9.17, 15) is 8.42 Å². The standard InChI is InChI=1S/C10H13BrClNO3S/c1-2-16-6-5-13-17(14,15)10-4-3-8(11)7-9(10)12/h3-4,7,13H,2,5-6H2,1H3. The Morgan fingerprint density at radius 2 is 2.18 bits per heavy atom. The molecule has 0 heterocycles. The van der Waals surface area contributed by atoms with Gasteiger partial charge in [0.05, 0.1) is 11.6 Å². The van der Waals surface area contributed by atoms with Crippen LogP contribution >= 0.6 is 27.5 Å². The van der Waals surface area contributed by atoms with Crippen molar-refractivity contribution < 1.29 is 13.2 Å². The molecule has 0 aliphatic heterocycles. The highest BCUT2D eigenvalue weighted by Gasteiger charge is 2.17. The van der Waals surface area contributed by atoms with Gasteiger partial charge in [-0.25, -0.2) is 13.1 Å². The first-order valence-corrected chi connectivity index (χ1v) is 7.65. The van der Waals surface area contributed by atoms with E-state index in [0.29, 0.717) is 13.2 Å². The van der Waals surface area contributed by atoms with Gasteiger partial charge in [0.2, 0.25) is 10.0 Å². The van der Waals surface area contributed by atoms with Gasteiger partial charge >= 0.3 is 0 Å². The molecule has 0 aliphatic rings. The van der Waals surface area contributed by atoms with Gasteiger partial charge < -0.3 is 4.74 Å². The molecule has 4 nitrogen and oxygen atoms in total. The molecule has 0 spiro atoms. The fourth-order valence-electron chi connectivity index (χ4n) is 1.16. The minimum absolute atomic E-state index is 0.0684. The van der Waals surface area contributed by atoms with Crippen molar-refractivity contribution in [3.8, 4) is 0 Å². The smallest absolute Gasteiger partial charge is 0.242 e. The molecule has 0 aliphatic carbocycles. The molecule has 0 amide bonds.